The number of rotatable bonds is 10. The van der Waals surface area contributed by atoms with Crippen LogP contribution in [0.3, 0.4) is 0 Å². The Morgan fingerprint density at radius 2 is 1.12 bits per heavy atom. The highest BCUT2D eigenvalue weighted by Gasteiger charge is 2.18. The Morgan fingerprint density at radius 1 is 0.625 bits per heavy atom. The molecule has 4 aromatic carbocycles. The van der Waals surface area contributed by atoms with Crippen LogP contribution in [0.25, 0.3) is 0 Å². The first-order chi connectivity index (χ1) is 23.7. The molecule has 0 aliphatic carbocycles. The fourth-order valence-corrected chi connectivity index (χ4v) is 4.40. The van der Waals surface area contributed by atoms with Crippen LogP contribution in [0.15, 0.2) is 115 Å². The van der Waals surface area contributed by atoms with Crippen molar-refractivity contribution in [2.24, 2.45) is 5.73 Å². The summed E-state index contributed by atoms with van der Waals surface area (Å²) >= 11 is 0. The third kappa shape index (κ3) is 20.7. The maximum atomic E-state index is 12.6. The number of carbonyl (C=O) groups excluding carboxylic acids is 1. The minimum absolute atomic E-state index is 0.173. The summed E-state index contributed by atoms with van der Waals surface area (Å²) in [5, 5.41) is 9.98. The van der Waals surface area contributed by atoms with Gasteiger partial charge in [-0.3, -0.25) is 4.79 Å². The van der Waals surface area contributed by atoms with Gasteiger partial charge < -0.3 is 32.3 Å². The molecule has 264 valence electrons. The molecule has 7 N–H and O–H groups in total. The number of nitrogen functional groups attached to an aromatic ring is 1. The normalized spacial score (nSPS) is 11.0. The predicted molar refractivity (Wildman–Crippen MR) is 212 cm³/mol. The first-order valence-corrected chi connectivity index (χ1v) is 17.8. The SMILES string of the molecule is CC.CC.CC.NCCNc1ccccc1.Nc1ccccc1.O=C(c1cccc(CNCCNc2ccccc2)c1)N1CCCCC1. The van der Waals surface area contributed by atoms with Crippen molar-refractivity contribution in [3.8, 4) is 0 Å². The zero-order chi connectivity index (χ0) is 35.7. The summed E-state index contributed by atoms with van der Waals surface area (Å²) in [5.74, 6) is 0.173. The Bertz CT molecular complexity index is 1250. The van der Waals surface area contributed by atoms with Gasteiger partial charge in [0.15, 0.2) is 0 Å². The van der Waals surface area contributed by atoms with Gasteiger partial charge in [0.05, 0.1) is 0 Å². The molecule has 7 nitrogen and oxygen atoms in total. The highest BCUT2D eigenvalue weighted by atomic mass is 16.2. The molecule has 0 saturated carbocycles. The van der Waals surface area contributed by atoms with Crippen LogP contribution < -0.4 is 27.4 Å². The topological polar surface area (TPSA) is 108 Å². The molecule has 0 aromatic heterocycles. The Hall–Kier alpha value is -4.33. The Kier molecular flexibility index (Phi) is 28.5. The Morgan fingerprint density at radius 3 is 1.60 bits per heavy atom. The number of hydrogen-bond acceptors (Lipinski definition) is 6. The lowest BCUT2D eigenvalue weighted by molar-refractivity contribution is 0.0724. The van der Waals surface area contributed by atoms with Gasteiger partial charge in [-0.2, -0.15) is 0 Å². The van der Waals surface area contributed by atoms with E-state index in [-0.39, 0.29) is 5.91 Å². The van der Waals surface area contributed by atoms with Gasteiger partial charge in [0.1, 0.15) is 0 Å². The zero-order valence-corrected chi connectivity index (χ0v) is 30.6. The number of benzene rings is 4. The lowest BCUT2D eigenvalue weighted by Crippen LogP contribution is -2.35. The maximum Gasteiger partial charge on any atom is 0.253 e. The van der Waals surface area contributed by atoms with Crippen molar-refractivity contribution in [3.63, 3.8) is 0 Å². The van der Waals surface area contributed by atoms with Gasteiger partial charge >= 0.3 is 0 Å². The summed E-state index contributed by atoms with van der Waals surface area (Å²) in [5.41, 5.74) is 15.7. The van der Waals surface area contributed by atoms with Crippen LogP contribution in [-0.2, 0) is 6.54 Å². The third-order valence-electron chi connectivity index (χ3n) is 6.60. The number of nitrogens with zero attached hydrogens (tertiary/aromatic N) is 1. The van der Waals surface area contributed by atoms with E-state index < -0.39 is 0 Å². The predicted octanol–water partition coefficient (Wildman–Crippen LogP) is 8.92. The molecule has 5 rings (SSSR count). The fraction of sp³-hybridized carbons (Fsp3) is 0.390. The third-order valence-corrected chi connectivity index (χ3v) is 6.60. The van der Waals surface area contributed by atoms with E-state index in [1.807, 2.05) is 144 Å². The largest absolute Gasteiger partial charge is 0.399 e. The second kappa shape index (κ2) is 31.3. The number of likely N-dealkylation sites (tertiary alicyclic amines) is 1. The van der Waals surface area contributed by atoms with Gasteiger partial charge in [0.2, 0.25) is 0 Å². The van der Waals surface area contributed by atoms with Crippen LogP contribution in [0.1, 0.15) is 76.7 Å². The van der Waals surface area contributed by atoms with Crippen molar-refractivity contribution >= 4 is 23.0 Å². The van der Waals surface area contributed by atoms with E-state index in [2.05, 4.69) is 34.1 Å². The summed E-state index contributed by atoms with van der Waals surface area (Å²) in [6, 6.07) is 37.7. The number of amides is 1. The highest BCUT2D eigenvalue weighted by molar-refractivity contribution is 5.94. The van der Waals surface area contributed by atoms with Gasteiger partial charge in [-0.1, -0.05) is 108 Å². The molecule has 48 heavy (non-hydrogen) atoms. The van der Waals surface area contributed by atoms with Gasteiger partial charge in [0, 0.05) is 68.4 Å². The average molecular weight is 657 g/mol. The minimum Gasteiger partial charge on any atom is -0.399 e. The lowest BCUT2D eigenvalue weighted by atomic mass is 10.1. The second-order valence-corrected chi connectivity index (χ2v) is 10.0. The average Bonchev–Trinajstić information content (AvgIpc) is 3.18. The summed E-state index contributed by atoms with van der Waals surface area (Å²) in [7, 11) is 0. The summed E-state index contributed by atoms with van der Waals surface area (Å²) in [4.78, 5) is 14.6. The first-order valence-electron chi connectivity index (χ1n) is 17.8. The summed E-state index contributed by atoms with van der Waals surface area (Å²) in [6.45, 7) is 17.8. The molecule has 1 aliphatic rings. The summed E-state index contributed by atoms with van der Waals surface area (Å²) < 4.78 is 0. The van der Waals surface area contributed by atoms with Crippen LogP contribution in [0.5, 0.6) is 0 Å². The van der Waals surface area contributed by atoms with Crippen LogP contribution in [0.2, 0.25) is 0 Å². The van der Waals surface area contributed by atoms with E-state index in [0.717, 1.165) is 80.3 Å². The maximum absolute atomic E-state index is 12.6. The van der Waals surface area contributed by atoms with Crippen molar-refractivity contribution in [2.75, 3.05) is 55.6 Å². The molecule has 0 unspecified atom stereocenters. The number of carbonyl (C=O) groups is 1. The van der Waals surface area contributed by atoms with Crippen molar-refractivity contribution in [1.29, 1.82) is 0 Å². The molecule has 7 heteroatoms. The van der Waals surface area contributed by atoms with Crippen LogP contribution in [-0.4, -0.2) is 50.1 Å². The number of piperidine rings is 1. The molecule has 1 aliphatic heterocycles. The van der Waals surface area contributed by atoms with E-state index in [9.17, 15) is 4.79 Å². The van der Waals surface area contributed by atoms with Crippen molar-refractivity contribution < 1.29 is 4.79 Å². The van der Waals surface area contributed by atoms with E-state index in [0.29, 0.717) is 6.54 Å². The molecule has 0 radical (unpaired) electrons. The molecule has 4 aromatic rings. The fourth-order valence-electron chi connectivity index (χ4n) is 4.40. The Labute approximate surface area is 292 Å². The van der Waals surface area contributed by atoms with Gasteiger partial charge in [-0.25, -0.2) is 0 Å². The minimum atomic E-state index is 0.173. The van der Waals surface area contributed by atoms with Crippen molar-refractivity contribution in [3.05, 3.63) is 126 Å². The van der Waals surface area contributed by atoms with Crippen LogP contribution in [0.4, 0.5) is 17.1 Å². The molecular weight excluding hydrogens is 592 g/mol. The quantitative estimate of drug-likeness (QED) is 0.0862. The monoisotopic (exact) mass is 657 g/mol. The molecular formula is C41H64N6O. The van der Waals surface area contributed by atoms with E-state index in [1.165, 1.54) is 6.42 Å². The number of anilines is 3. The zero-order valence-electron chi connectivity index (χ0n) is 30.6. The van der Waals surface area contributed by atoms with E-state index in [4.69, 9.17) is 11.5 Å². The van der Waals surface area contributed by atoms with Crippen LogP contribution in [0, 0.1) is 0 Å². The van der Waals surface area contributed by atoms with Gasteiger partial charge in [-0.15, -0.1) is 0 Å². The van der Waals surface area contributed by atoms with E-state index in [1.54, 1.807) is 0 Å². The van der Waals surface area contributed by atoms with Gasteiger partial charge in [-0.05, 0) is 73.4 Å². The number of nitrogens with two attached hydrogens (primary N) is 2. The molecule has 0 spiro atoms. The summed E-state index contributed by atoms with van der Waals surface area (Å²) in [6.07, 6.45) is 3.49. The number of hydrogen-bond donors (Lipinski definition) is 5. The number of nitrogens with one attached hydrogen (secondary N) is 3. The standard InChI is InChI=1S/C21H27N3O.C8H12N2.C6H7N.3C2H6/c25-21(24-14-5-2-6-15-24)19-9-7-8-18(16-19)17-22-12-13-23-20-10-3-1-4-11-20;9-6-7-10-8-4-2-1-3-5-8;7-6-4-2-1-3-5-6;3*1-2/h1,3-4,7-11,16,22-23H,2,5-6,12-15,17H2;1-5,10H,6-7,9H2;1-5H,7H2;3*1-2H3. The van der Waals surface area contributed by atoms with E-state index >= 15 is 0 Å². The van der Waals surface area contributed by atoms with Crippen LogP contribution >= 0.6 is 0 Å². The first kappa shape index (κ1) is 43.7. The molecule has 1 saturated heterocycles. The Balaban J connectivity index is 0.000000786. The highest BCUT2D eigenvalue weighted by Crippen LogP contribution is 2.14. The lowest BCUT2D eigenvalue weighted by Gasteiger charge is -2.26. The van der Waals surface area contributed by atoms with Gasteiger partial charge in [0.25, 0.3) is 5.91 Å². The molecule has 1 heterocycles. The second-order valence-electron chi connectivity index (χ2n) is 10.0. The number of para-hydroxylation sites is 3. The smallest absolute Gasteiger partial charge is 0.253 e. The molecule has 1 amide bonds. The van der Waals surface area contributed by atoms with Crippen molar-refractivity contribution in [1.82, 2.24) is 10.2 Å². The molecule has 0 atom stereocenters. The molecule has 0 bridgehead atoms. The van der Waals surface area contributed by atoms with Crippen molar-refractivity contribution in [2.45, 2.75) is 67.3 Å². The molecule has 1 fully saturated rings.